The van der Waals surface area contributed by atoms with Crippen LogP contribution in [-0.4, -0.2) is 15.3 Å². The van der Waals surface area contributed by atoms with E-state index in [-0.39, 0.29) is 11.8 Å². The molecule has 1 aliphatic rings. The van der Waals surface area contributed by atoms with Crippen LogP contribution in [0, 0.1) is 11.8 Å². The van der Waals surface area contributed by atoms with Gasteiger partial charge >= 0.3 is 0 Å². The monoisotopic (exact) mass is 307 g/mol. The molecule has 2 unspecified atom stereocenters. The molecule has 18 heavy (non-hydrogen) atoms. The van der Waals surface area contributed by atoms with E-state index >= 15 is 0 Å². The van der Waals surface area contributed by atoms with Crippen molar-refractivity contribution >= 4 is 27.5 Å². The molecule has 2 aromatic rings. The molecule has 2 aromatic heterocycles. The summed E-state index contributed by atoms with van der Waals surface area (Å²) in [6.45, 7) is 2.61. The minimum atomic E-state index is 0.153. The zero-order valence-corrected chi connectivity index (χ0v) is 11.6. The summed E-state index contributed by atoms with van der Waals surface area (Å²) >= 11 is 3.42. The van der Waals surface area contributed by atoms with Gasteiger partial charge in [0.05, 0.1) is 12.2 Å². The van der Waals surface area contributed by atoms with Crippen LogP contribution in [0.25, 0.3) is 5.65 Å². The van der Waals surface area contributed by atoms with E-state index in [9.17, 15) is 4.79 Å². The largest absolute Gasteiger partial charge is 0.350 e. The van der Waals surface area contributed by atoms with Gasteiger partial charge in [-0.15, -0.1) is 0 Å². The number of carbonyl (C=O) groups is 1. The molecule has 1 N–H and O–H groups in total. The van der Waals surface area contributed by atoms with E-state index in [0.29, 0.717) is 12.5 Å². The Kier molecular flexibility index (Phi) is 2.86. The molecule has 2 atom stereocenters. The quantitative estimate of drug-likeness (QED) is 0.946. The van der Waals surface area contributed by atoms with Crippen LogP contribution >= 0.6 is 15.9 Å². The fourth-order valence-electron chi connectivity index (χ4n) is 2.10. The molecule has 0 bridgehead atoms. The van der Waals surface area contributed by atoms with E-state index in [4.69, 9.17) is 0 Å². The van der Waals surface area contributed by atoms with Crippen LogP contribution in [0.5, 0.6) is 0 Å². The van der Waals surface area contributed by atoms with Crippen LogP contribution in [-0.2, 0) is 11.3 Å². The minimum Gasteiger partial charge on any atom is -0.350 e. The summed E-state index contributed by atoms with van der Waals surface area (Å²) in [5.41, 5.74) is 1.77. The molecule has 0 aromatic carbocycles. The fourth-order valence-corrected chi connectivity index (χ4v) is 2.45. The van der Waals surface area contributed by atoms with Gasteiger partial charge < -0.3 is 9.72 Å². The second-order valence-electron chi connectivity index (χ2n) is 4.88. The summed E-state index contributed by atoms with van der Waals surface area (Å²) in [6, 6.07) is 3.90. The topological polar surface area (TPSA) is 46.4 Å². The first kappa shape index (κ1) is 11.7. The van der Waals surface area contributed by atoms with Crippen molar-refractivity contribution in [3.8, 4) is 0 Å². The van der Waals surface area contributed by atoms with Crippen molar-refractivity contribution in [2.75, 3.05) is 0 Å². The van der Waals surface area contributed by atoms with Gasteiger partial charge in [-0.25, -0.2) is 4.98 Å². The molecule has 5 heteroatoms. The predicted molar refractivity (Wildman–Crippen MR) is 72.0 cm³/mol. The van der Waals surface area contributed by atoms with Crippen molar-refractivity contribution in [3.63, 3.8) is 0 Å². The smallest absolute Gasteiger partial charge is 0.223 e. The summed E-state index contributed by atoms with van der Waals surface area (Å²) in [4.78, 5) is 16.2. The average molecular weight is 308 g/mol. The van der Waals surface area contributed by atoms with Crippen molar-refractivity contribution in [1.29, 1.82) is 0 Å². The highest BCUT2D eigenvalue weighted by atomic mass is 79.9. The van der Waals surface area contributed by atoms with E-state index in [1.807, 2.05) is 28.9 Å². The van der Waals surface area contributed by atoms with Crippen molar-refractivity contribution in [2.45, 2.75) is 19.9 Å². The Morgan fingerprint density at radius 1 is 1.56 bits per heavy atom. The van der Waals surface area contributed by atoms with Crippen LogP contribution in [0.2, 0.25) is 0 Å². The minimum absolute atomic E-state index is 0.153. The molecule has 0 radical (unpaired) electrons. The average Bonchev–Trinajstić information content (AvgIpc) is 2.92. The van der Waals surface area contributed by atoms with Crippen molar-refractivity contribution in [1.82, 2.24) is 14.7 Å². The van der Waals surface area contributed by atoms with E-state index in [0.717, 1.165) is 22.2 Å². The maximum Gasteiger partial charge on any atom is 0.223 e. The lowest BCUT2D eigenvalue weighted by atomic mass is 10.3. The maximum absolute atomic E-state index is 11.7. The van der Waals surface area contributed by atoms with Crippen molar-refractivity contribution in [2.24, 2.45) is 11.8 Å². The summed E-state index contributed by atoms with van der Waals surface area (Å²) in [5, 5.41) is 2.94. The number of rotatable bonds is 3. The SMILES string of the molecule is CC1CC1C(=O)NCc1cn2cc(Br)ccc2n1. The number of aromatic nitrogens is 2. The third-order valence-corrected chi connectivity index (χ3v) is 3.82. The van der Waals surface area contributed by atoms with Gasteiger partial charge in [-0.3, -0.25) is 4.79 Å². The lowest BCUT2D eigenvalue weighted by Gasteiger charge is -2.00. The van der Waals surface area contributed by atoms with Crippen LogP contribution in [0.3, 0.4) is 0 Å². The maximum atomic E-state index is 11.7. The molecule has 0 saturated heterocycles. The van der Waals surface area contributed by atoms with Gasteiger partial charge in [-0.1, -0.05) is 6.92 Å². The molecular weight excluding hydrogens is 294 g/mol. The molecule has 94 valence electrons. The molecule has 0 aliphatic heterocycles. The highest BCUT2D eigenvalue weighted by molar-refractivity contribution is 9.10. The number of carbonyl (C=O) groups excluding carboxylic acids is 1. The standard InChI is InChI=1S/C13H14BrN3O/c1-8-4-11(8)13(18)15-5-10-7-17-6-9(14)2-3-12(17)16-10/h2-3,6-8,11H,4-5H2,1H3,(H,15,18). The zero-order valence-electron chi connectivity index (χ0n) is 10.1. The second-order valence-corrected chi connectivity index (χ2v) is 5.80. The van der Waals surface area contributed by atoms with Gasteiger partial charge in [-0.05, 0) is 40.4 Å². The number of pyridine rings is 1. The first-order valence-electron chi connectivity index (χ1n) is 6.04. The molecule has 1 fully saturated rings. The number of hydrogen-bond donors (Lipinski definition) is 1. The van der Waals surface area contributed by atoms with Crippen LogP contribution in [0.15, 0.2) is 29.0 Å². The fraction of sp³-hybridized carbons (Fsp3) is 0.385. The summed E-state index contributed by atoms with van der Waals surface area (Å²) < 4.78 is 2.96. The Hall–Kier alpha value is -1.36. The Morgan fingerprint density at radius 3 is 3.06 bits per heavy atom. The van der Waals surface area contributed by atoms with Gasteiger partial charge in [-0.2, -0.15) is 0 Å². The highest BCUT2D eigenvalue weighted by Crippen LogP contribution is 2.37. The Labute approximate surface area is 114 Å². The molecule has 4 nitrogen and oxygen atoms in total. The van der Waals surface area contributed by atoms with E-state index in [2.05, 4.69) is 33.2 Å². The first-order valence-corrected chi connectivity index (χ1v) is 6.83. The zero-order chi connectivity index (χ0) is 12.7. The van der Waals surface area contributed by atoms with Gasteiger partial charge in [0.25, 0.3) is 0 Å². The predicted octanol–water partition coefficient (Wildman–Crippen LogP) is 2.37. The van der Waals surface area contributed by atoms with Crippen LogP contribution < -0.4 is 5.32 Å². The third-order valence-electron chi connectivity index (χ3n) is 3.35. The van der Waals surface area contributed by atoms with Crippen LogP contribution in [0.4, 0.5) is 0 Å². The van der Waals surface area contributed by atoms with Crippen molar-refractivity contribution in [3.05, 3.63) is 34.7 Å². The number of imidazole rings is 1. The first-order chi connectivity index (χ1) is 8.63. The Morgan fingerprint density at radius 2 is 2.33 bits per heavy atom. The number of nitrogens with zero attached hydrogens (tertiary/aromatic N) is 2. The number of halogens is 1. The van der Waals surface area contributed by atoms with Gasteiger partial charge in [0, 0.05) is 22.8 Å². The molecule has 2 heterocycles. The van der Waals surface area contributed by atoms with Gasteiger partial charge in [0.15, 0.2) is 0 Å². The number of fused-ring (bicyclic) bond motifs is 1. The number of nitrogens with one attached hydrogen (secondary N) is 1. The summed E-state index contributed by atoms with van der Waals surface area (Å²) in [5.74, 6) is 0.916. The highest BCUT2D eigenvalue weighted by Gasteiger charge is 2.38. The van der Waals surface area contributed by atoms with E-state index < -0.39 is 0 Å². The lowest BCUT2D eigenvalue weighted by Crippen LogP contribution is -2.24. The molecule has 3 rings (SSSR count). The summed E-state index contributed by atoms with van der Waals surface area (Å²) in [6.07, 6.45) is 4.91. The number of hydrogen-bond acceptors (Lipinski definition) is 2. The molecule has 1 aliphatic carbocycles. The van der Waals surface area contributed by atoms with Crippen molar-refractivity contribution < 1.29 is 4.79 Å². The third kappa shape index (κ3) is 2.27. The Balaban J connectivity index is 1.69. The van der Waals surface area contributed by atoms with Gasteiger partial charge in [0.2, 0.25) is 5.91 Å². The second kappa shape index (κ2) is 4.39. The normalized spacial score (nSPS) is 22.1. The Bertz CT molecular complexity index is 607. The summed E-state index contributed by atoms with van der Waals surface area (Å²) in [7, 11) is 0. The molecule has 0 spiro atoms. The van der Waals surface area contributed by atoms with Gasteiger partial charge in [0.1, 0.15) is 5.65 Å². The molecule has 1 amide bonds. The number of amides is 1. The lowest BCUT2D eigenvalue weighted by molar-refractivity contribution is -0.122. The van der Waals surface area contributed by atoms with E-state index in [1.54, 1.807) is 0 Å². The van der Waals surface area contributed by atoms with E-state index in [1.165, 1.54) is 0 Å². The molecular formula is C13H14BrN3O. The molecule has 1 saturated carbocycles. The van der Waals surface area contributed by atoms with Crippen LogP contribution in [0.1, 0.15) is 19.0 Å².